The van der Waals surface area contributed by atoms with Crippen LogP contribution in [-0.2, 0) is 7.05 Å². The van der Waals surface area contributed by atoms with E-state index in [0.29, 0.717) is 21.9 Å². The maximum atomic E-state index is 12.3. The van der Waals surface area contributed by atoms with Crippen LogP contribution in [0.25, 0.3) is 10.9 Å². The number of nitrogens with one attached hydrogen (secondary N) is 1. The molecule has 0 aliphatic rings. The zero-order valence-corrected chi connectivity index (χ0v) is 11.6. The number of nitrogens with zero attached hydrogens (tertiary/aromatic N) is 2. The molecule has 0 atom stereocenters. The first-order valence-electron chi connectivity index (χ1n) is 6.13. The second-order valence-electron chi connectivity index (χ2n) is 4.45. The highest BCUT2D eigenvalue weighted by molar-refractivity contribution is 6.30. The van der Waals surface area contributed by atoms with Crippen LogP contribution in [0.1, 0.15) is 0 Å². The number of benzene rings is 2. The standard InChI is InChI=1S/C15H12ClN3O/c1-19-14(20)12-4-2-3-5-13(12)18-15(19)17-11-8-6-10(16)7-9-11/h2-9H,1H3,(H,17,18). The first-order chi connectivity index (χ1) is 9.65. The topological polar surface area (TPSA) is 46.9 Å². The molecule has 100 valence electrons. The van der Waals surface area contributed by atoms with E-state index in [2.05, 4.69) is 10.3 Å². The highest BCUT2D eigenvalue weighted by atomic mass is 35.5. The maximum absolute atomic E-state index is 12.3. The molecule has 4 nitrogen and oxygen atoms in total. The Morgan fingerprint density at radius 3 is 2.55 bits per heavy atom. The minimum atomic E-state index is -0.0768. The van der Waals surface area contributed by atoms with Gasteiger partial charge in [-0.3, -0.25) is 9.36 Å². The Morgan fingerprint density at radius 1 is 1.10 bits per heavy atom. The molecule has 0 saturated carbocycles. The van der Waals surface area contributed by atoms with Crippen molar-refractivity contribution in [2.45, 2.75) is 0 Å². The molecule has 0 aliphatic heterocycles. The smallest absolute Gasteiger partial charge is 0.262 e. The molecule has 0 spiro atoms. The summed E-state index contributed by atoms with van der Waals surface area (Å²) < 4.78 is 1.50. The second-order valence-corrected chi connectivity index (χ2v) is 4.89. The lowest BCUT2D eigenvalue weighted by atomic mass is 10.2. The Balaban J connectivity index is 2.10. The van der Waals surface area contributed by atoms with Gasteiger partial charge in [-0.05, 0) is 36.4 Å². The van der Waals surface area contributed by atoms with Crippen molar-refractivity contribution >= 4 is 34.1 Å². The number of hydrogen-bond acceptors (Lipinski definition) is 3. The molecule has 1 N–H and O–H groups in total. The van der Waals surface area contributed by atoms with Gasteiger partial charge in [-0.1, -0.05) is 23.7 Å². The van der Waals surface area contributed by atoms with Gasteiger partial charge in [0.25, 0.3) is 5.56 Å². The van der Waals surface area contributed by atoms with E-state index in [-0.39, 0.29) is 5.56 Å². The van der Waals surface area contributed by atoms with Crippen LogP contribution in [0, 0.1) is 0 Å². The van der Waals surface area contributed by atoms with Crippen LogP contribution in [0.5, 0.6) is 0 Å². The summed E-state index contributed by atoms with van der Waals surface area (Å²) in [5.74, 6) is 0.496. The Hall–Kier alpha value is -2.33. The number of rotatable bonds is 2. The van der Waals surface area contributed by atoms with Gasteiger partial charge in [-0.2, -0.15) is 0 Å². The largest absolute Gasteiger partial charge is 0.326 e. The molecule has 20 heavy (non-hydrogen) atoms. The van der Waals surface area contributed by atoms with E-state index in [0.717, 1.165) is 5.69 Å². The first-order valence-corrected chi connectivity index (χ1v) is 6.51. The summed E-state index contributed by atoms with van der Waals surface area (Å²) in [6, 6.07) is 14.5. The van der Waals surface area contributed by atoms with Crippen LogP contribution in [0.3, 0.4) is 0 Å². The fraction of sp³-hybridized carbons (Fsp3) is 0.0667. The highest BCUT2D eigenvalue weighted by Crippen LogP contribution is 2.18. The van der Waals surface area contributed by atoms with E-state index in [1.807, 2.05) is 30.3 Å². The lowest BCUT2D eigenvalue weighted by molar-refractivity contribution is 0.856. The molecular weight excluding hydrogens is 274 g/mol. The maximum Gasteiger partial charge on any atom is 0.262 e. The van der Waals surface area contributed by atoms with Crippen LogP contribution in [0.4, 0.5) is 11.6 Å². The fourth-order valence-electron chi connectivity index (χ4n) is 1.99. The monoisotopic (exact) mass is 285 g/mol. The zero-order valence-electron chi connectivity index (χ0n) is 10.8. The number of anilines is 2. The van der Waals surface area contributed by atoms with Crippen LogP contribution < -0.4 is 10.9 Å². The molecule has 2 aromatic carbocycles. The van der Waals surface area contributed by atoms with Gasteiger partial charge in [0.15, 0.2) is 0 Å². The average molecular weight is 286 g/mol. The van der Waals surface area contributed by atoms with Crippen molar-refractivity contribution in [2.75, 3.05) is 5.32 Å². The number of hydrogen-bond donors (Lipinski definition) is 1. The summed E-state index contributed by atoms with van der Waals surface area (Å²) >= 11 is 5.85. The first kappa shape index (κ1) is 12.7. The molecule has 1 heterocycles. The summed E-state index contributed by atoms with van der Waals surface area (Å²) in [6.07, 6.45) is 0. The highest BCUT2D eigenvalue weighted by Gasteiger charge is 2.07. The van der Waals surface area contributed by atoms with E-state index in [1.165, 1.54) is 4.57 Å². The van der Waals surface area contributed by atoms with Gasteiger partial charge in [0.1, 0.15) is 0 Å². The van der Waals surface area contributed by atoms with Crippen LogP contribution in [0.2, 0.25) is 5.02 Å². The molecule has 0 unspecified atom stereocenters. The lowest BCUT2D eigenvalue weighted by Crippen LogP contribution is -2.21. The van der Waals surface area contributed by atoms with Crippen LogP contribution >= 0.6 is 11.6 Å². The van der Waals surface area contributed by atoms with Gasteiger partial charge >= 0.3 is 0 Å². The van der Waals surface area contributed by atoms with E-state index < -0.39 is 0 Å². The molecule has 3 aromatic rings. The molecular formula is C15H12ClN3O. The summed E-state index contributed by atoms with van der Waals surface area (Å²) in [5, 5.41) is 4.40. The quantitative estimate of drug-likeness (QED) is 0.785. The Bertz CT molecular complexity index is 825. The zero-order chi connectivity index (χ0) is 14.1. The third-order valence-corrected chi connectivity index (χ3v) is 3.34. The number of para-hydroxylation sites is 1. The summed E-state index contributed by atoms with van der Waals surface area (Å²) in [5.41, 5.74) is 1.42. The molecule has 0 bridgehead atoms. The molecule has 5 heteroatoms. The van der Waals surface area contributed by atoms with Gasteiger partial charge in [0.05, 0.1) is 10.9 Å². The average Bonchev–Trinajstić information content (AvgIpc) is 2.47. The van der Waals surface area contributed by atoms with Crippen LogP contribution in [0.15, 0.2) is 53.3 Å². The molecule has 0 fully saturated rings. The molecule has 0 amide bonds. The van der Waals surface area contributed by atoms with E-state index >= 15 is 0 Å². The van der Waals surface area contributed by atoms with Crippen molar-refractivity contribution in [3.8, 4) is 0 Å². The van der Waals surface area contributed by atoms with Gasteiger partial charge in [-0.15, -0.1) is 0 Å². The molecule has 3 rings (SSSR count). The third-order valence-electron chi connectivity index (χ3n) is 3.08. The Kier molecular flexibility index (Phi) is 3.16. The van der Waals surface area contributed by atoms with Crippen molar-refractivity contribution in [3.05, 3.63) is 63.9 Å². The van der Waals surface area contributed by atoms with Gasteiger partial charge in [-0.25, -0.2) is 4.98 Å². The van der Waals surface area contributed by atoms with Crippen molar-refractivity contribution in [3.63, 3.8) is 0 Å². The number of halogens is 1. The SMILES string of the molecule is Cn1c(Nc2ccc(Cl)cc2)nc2ccccc2c1=O. The normalized spacial score (nSPS) is 10.7. The number of aromatic nitrogens is 2. The predicted octanol–water partition coefficient (Wildman–Crippen LogP) is 3.33. The van der Waals surface area contributed by atoms with Gasteiger partial charge in [0.2, 0.25) is 5.95 Å². The second kappa shape index (κ2) is 4.98. The van der Waals surface area contributed by atoms with Gasteiger partial charge in [0, 0.05) is 17.8 Å². The summed E-state index contributed by atoms with van der Waals surface area (Å²) in [6.45, 7) is 0. The van der Waals surface area contributed by atoms with E-state index in [1.54, 1.807) is 25.2 Å². The van der Waals surface area contributed by atoms with E-state index in [9.17, 15) is 4.79 Å². The van der Waals surface area contributed by atoms with E-state index in [4.69, 9.17) is 11.6 Å². The molecule has 1 aromatic heterocycles. The molecule has 0 radical (unpaired) electrons. The Morgan fingerprint density at radius 2 is 1.80 bits per heavy atom. The fourth-order valence-corrected chi connectivity index (χ4v) is 2.12. The van der Waals surface area contributed by atoms with Gasteiger partial charge < -0.3 is 5.32 Å². The van der Waals surface area contributed by atoms with Crippen molar-refractivity contribution in [1.29, 1.82) is 0 Å². The third kappa shape index (κ3) is 2.26. The number of fused-ring (bicyclic) bond motifs is 1. The van der Waals surface area contributed by atoms with Crippen molar-refractivity contribution < 1.29 is 0 Å². The van der Waals surface area contributed by atoms with Crippen LogP contribution in [-0.4, -0.2) is 9.55 Å². The summed E-state index contributed by atoms with van der Waals surface area (Å²) in [4.78, 5) is 16.7. The summed E-state index contributed by atoms with van der Waals surface area (Å²) in [7, 11) is 1.69. The minimum Gasteiger partial charge on any atom is -0.326 e. The predicted molar refractivity (Wildman–Crippen MR) is 81.7 cm³/mol. The lowest BCUT2D eigenvalue weighted by Gasteiger charge is -2.11. The van der Waals surface area contributed by atoms with Crippen molar-refractivity contribution in [1.82, 2.24) is 9.55 Å². The molecule has 0 aliphatic carbocycles. The molecule has 0 saturated heterocycles. The Labute approximate surface area is 120 Å². The minimum absolute atomic E-state index is 0.0768. The van der Waals surface area contributed by atoms with Crippen molar-refractivity contribution in [2.24, 2.45) is 7.05 Å².